The summed E-state index contributed by atoms with van der Waals surface area (Å²) in [7, 11) is 0. The molecule has 128 valence electrons. The van der Waals surface area contributed by atoms with Crippen molar-refractivity contribution >= 4 is 27.5 Å². The second-order valence-corrected chi connectivity index (χ2v) is 8.08. The molecule has 0 spiro atoms. The molecule has 2 aliphatic rings. The molecule has 5 nitrogen and oxygen atoms in total. The zero-order valence-electron chi connectivity index (χ0n) is 13.6. The van der Waals surface area contributed by atoms with E-state index in [4.69, 9.17) is 4.74 Å². The zero-order valence-corrected chi connectivity index (χ0v) is 14.4. The number of carboxylic acids is 1. The fourth-order valence-electron chi connectivity index (χ4n) is 4.20. The van der Waals surface area contributed by atoms with Gasteiger partial charge in [-0.2, -0.15) is 0 Å². The van der Waals surface area contributed by atoms with Gasteiger partial charge in [-0.15, -0.1) is 11.3 Å². The largest absolute Gasteiger partial charge is 0.481 e. The predicted octanol–water partition coefficient (Wildman–Crippen LogP) is 3.00. The Morgan fingerprint density at radius 2 is 2.29 bits per heavy atom. The Hall–Kier alpha value is -1.50. The Morgan fingerprint density at radius 3 is 3.04 bits per heavy atom. The minimum Gasteiger partial charge on any atom is -0.481 e. The summed E-state index contributed by atoms with van der Waals surface area (Å²) in [4.78, 5) is 20.0. The normalized spacial score (nSPS) is 26.2. The molecule has 24 heavy (non-hydrogen) atoms. The Bertz CT molecular complexity index is 708. The van der Waals surface area contributed by atoms with Crippen molar-refractivity contribution in [3.05, 3.63) is 29.3 Å². The molecular weight excluding hydrogens is 324 g/mol. The van der Waals surface area contributed by atoms with Crippen LogP contribution in [0.5, 0.6) is 0 Å². The van der Waals surface area contributed by atoms with Gasteiger partial charge in [0, 0.05) is 37.4 Å². The van der Waals surface area contributed by atoms with E-state index < -0.39 is 11.4 Å². The summed E-state index contributed by atoms with van der Waals surface area (Å²) in [5, 5.41) is 9.94. The van der Waals surface area contributed by atoms with Crippen molar-refractivity contribution in [1.29, 1.82) is 0 Å². The van der Waals surface area contributed by atoms with E-state index in [1.807, 2.05) is 12.3 Å². The molecule has 1 N–H and O–H groups in total. The zero-order chi connectivity index (χ0) is 16.6. The number of carboxylic acid groups (broad SMARTS) is 1. The first-order valence-electron chi connectivity index (χ1n) is 8.54. The Morgan fingerprint density at radius 1 is 1.46 bits per heavy atom. The number of pyridine rings is 1. The molecule has 0 aromatic carbocycles. The molecule has 1 atom stereocenters. The summed E-state index contributed by atoms with van der Waals surface area (Å²) in [6, 6.07) is 6.18. The van der Waals surface area contributed by atoms with Crippen molar-refractivity contribution in [2.75, 3.05) is 26.3 Å². The number of thiophene rings is 1. The Balaban J connectivity index is 1.50. The van der Waals surface area contributed by atoms with E-state index >= 15 is 0 Å². The van der Waals surface area contributed by atoms with Crippen LogP contribution >= 0.6 is 11.3 Å². The third kappa shape index (κ3) is 2.83. The van der Waals surface area contributed by atoms with Crippen LogP contribution < -0.4 is 0 Å². The minimum atomic E-state index is -0.630. The number of aromatic nitrogens is 1. The first-order valence-corrected chi connectivity index (χ1v) is 9.36. The number of carbonyl (C=O) groups is 1. The molecule has 1 unspecified atom stereocenters. The highest BCUT2D eigenvalue weighted by molar-refractivity contribution is 7.19. The van der Waals surface area contributed by atoms with Gasteiger partial charge >= 0.3 is 5.97 Å². The van der Waals surface area contributed by atoms with Gasteiger partial charge in [0.15, 0.2) is 0 Å². The first kappa shape index (κ1) is 16.0. The number of hydrogen-bond donors (Lipinski definition) is 1. The first-order chi connectivity index (χ1) is 11.7. The van der Waals surface area contributed by atoms with Gasteiger partial charge in [0.1, 0.15) is 0 Å². The van der Waals surface area contributed by atoms with Crippen molar-refractivity contribution < 1.29 is 14.6 Å². The van der Waals surface area contributed by atoms with Crippen molar-refractivity contribution in [2.24, 2.45) is 11.3 Å². The van der Waals surface area contributed by atoms with E-state index in [1.165, 1.54) is 9.58 Å². The number of likely N-dealkylation sites (tertiary alicyclic amines) is 1. The van der Waals surface area contributed by atoms with Gasteiger partial charge in [0.2, 0.25) is 0 Å². The fourth-order valence-corrected chi connectivity index (χ4v) is 5.26. The third-order valence-electron chi connectivity index (χ3n) is 5.53. The average Bonchev–Trinajstić information content (AvgIpc) is 3.20. The highest BCUT2D eigenvalue weighted by Gasteiger charge is 2.50. The number of ether oxygens (including phenoxy) is 1. The average molecular weight is 346 g/mol. The van der Waals surface area contributed by atoms with Crippen LogP contribution in [0.1, 0.15) is 24.1 Å². The molecular formula is C18H22N2O3S. The fraction of sp³-hybridized carbons (Fsp3) is 0.556. The summed E-state index contributed by atoms with van der Waals surface area (Å²) in [5.41, 5.74) is 0.434. The molecule has 6 heteroatoms. The number of fused-ring (bicyclic) bond motifs is 1. The maximum Gasteiger partial charge on any atom is 0.311 e. The van der Waals surface area contributed by atoms with Gasteiger partial charge < -0.3 is 9.84 Å². The van der Waals surface area contributed by atoms with E-state index in [2.05, 4.69) is 22.0 Å². The molecule has 0 aliphatic carbocycles. The summed E-state index contributed by atoms with van der Waals surface area (Å²) < 4.78 is 6.62. The summed E-state index contributed by atoms with van der Waals surface area (Å²) in [6.45, 7) is 3.71. The van der Waals surface area contributed by atoms with Crippen molar-refractivity contribution in [1.82, 2.24) is 9.88 Å². The Kier molecular flexibility index (Phi) is 4.28. The van der Waals surface area contributed by atoms with E-state index in [1.54, 1.807) is 11.3 Å². The summed E-state index contributed by atoms with van der Waals surface area (Å²) >= 11 is 1.76. The van der Waals surface area contributed by atoms with Crippen LogP contribution in [-0.4, -0.2) is 47.3 Å². The molecule has 0 saturated carbocycles. The second-order valence-electron chi connectivity index (χ2n) is 6.91. The van der Waals surface area contributed by atoms with Gasteiger partial charge in [-0.1, -0.05) is 0 Å². The SMILES string of the molecule is O=C(O)C1(C2CCOCC2)CCN(Cc2cc3ncccc3s2)C1. The molecule has 4 heterocycles. The van der Waals surface area contributed by atoms with Crippen LogP contribution in [0.25, 0.3) is 10.2 Å². The smallest absolute Gasteiger partial charge is 0.311 e. The number of nitrogens with zero attached hydrogens (tertiary/aromatic N) is 2. The standard InChI is InChI=1S/C18H22N2O3S/c21-17(22)18(13-3-8-23-9-4-13)5-7-20(12-18)11-14-10-15-16(24-14)2-1-6-19-15/h1-2,6,10,13H,3-5,7-9,11-12H2,(H,21,22). The van der Waals surface area contributed by atoms with Crippen molar-refractivity contribution in [3.63, 3.8) is 0 Å². The monoisotopic (exact) mass is 346 g/mol. The van der Waals surface area contributed by atoms with Crippen molar-refractivity contribution in [3.8, 4) is 0 Å². The lowest BCUT2D eigenvalue weighted by atomic mass is 9.71. The molecule has 2 saturated heterocycles. The van der Waals surface area contributed by atoms with Crippen LogP contribution in [-0.2, 0) is 16.1 Å². The van der Waals surface area contributed by atoms with Crippen LogP contribution in [0.15, 0.2) is 24.4 Å². The molecule has 2 fully saturated rings. The molecule has 2 aromatic rings. The quantitative estimate of drug-likeness (QED) is 0.922. The lowest BCUT2D eigenvalue weighted by Crippen LogP contribution is -2.43. The maximum absolute atomic E-state index is 12.1. The second kappa shape index (κ2) is 6.43. The lowest BCUT2D eigenvalue weighted by Gasteiger charge is -2.36. The maximum atomic E-state index is 12.1. The van der Waals surface area contributed by atoms with Crippen LogP contribution in [0.4, 0.5) is 0 Å². The van der Waals surface area contributed by atoms with E-state index in [0.717, 1.165) is 37.9 Å². The third-order valence-corrected chi connectivity index (χ3v) is 6.60. The molecule has 4 rings (SSSR count). The molecule has 0 amide bonds. The van der Waals surface area contributed by atoms with Gasteiger partial charge in [-0.25, -0.2) is 0 Å². The van der Waals surface area contributed by atoms with Crippen LogP contribution in [0, 0.1) is 11.3 Å². The number of hydrogen-bond acceptors (Lipinski definition) is 5. The van der Waals surface area contributed by atoms with E-state index in [0.29, 0.717) is 19.8 Å². The molecule has 0 radical (unpaired) electrons. The van der Waals surface area contributed by atoms with E-state index in [9.17, 15) is 9.90 Å². The van der Waals surface area contributed by atoms with Gasteiger partial charge in [-0.3, -0.25) is 14.7 Å². The van der Waals surface area contributed by atoms with Gasteiger partial charge in [-0.05, 0) is 49.9 Å². The topological polar surface area (TPSA) is 62.7 Å². The highest BCUT2D eigenvalue weighted by atomic mass is 32.1. The lowest BCUT2D eigenvalue weighted by molar-refractivity contribution is -0.154. The summed E-state index contributed by atoms with van der Waals surface area (Å²) in [5.74, 6) is -0.396. The molecule has 2 aromatic heterocycles. The number of aliphatic carboxylic acids is 1. The summed E-state index contributed by atoms with van der Waals surface area (Å²) in [6.07, 6.45) is 4.30. The minimum absolute atomic E-state index is 0.234. The van der Waals surface area contributed by atoms with Crippen LogP contribution in [0.2, 0.25) is 0 Å². The van der Waals surface area contributed by atoms with Crippen molar-refractivity contribution in [2.45, 2.75) is 25.8 Å². The Labute approximate surface area is 145 Å². The molecule has 0 bridgehead atoms. The van der Waals surface area contributed by atoms with E-state index in [-0.39, 0.29) is 5.92 Å². The van der Waals surface area contributed by atoms with Crippen LogP contribution in [0.3, 0.4) is 0 Å². The van der Waals surface area contributed by atoms with Gasteiger partial charge in [0.05, 0.1) is 15.6 Å². The van der Waals surface area contributed by atoms with Gasteiger partial charge in [0.25, 0.3) is 0 Å². The predicted molar refractivity (Wildman–Crippen MR) is 93.1 cm³/mol. The molecule has 2 aliphatic heterocycles. The highest BCUT2D eigenvalue weighted by Crippen LogP contribution is 2.43. The number of rotatable bonds is 4.